The lowest BCUT2D eigenvalue weighted by Crippen LogP contribution is -2.07. The van der Waals surface area contributed by atoms with Gasteiger partial charge in [-0.25, -0.2) is 8.42 Å². The smallest absolute Gasteiger partial charge is 0.261 e. The Labute approximate surface area is 123 Å². The van der Waals surface area contributed by atoms with Crippen molar-refractivity contribution >= 4 is 30.5 Å². The van der Waals surface area contributed by atoms with Gasteiger partial charge in [0.05, 0.1) is 11.5 Å². The molecule has 0 heterocycles. The molecule has 0 aliphatic rings. The molecule has 0 spiro atoms. The molecule has 0 bridgehead atoms. The van der Waals surface area contributed by atoms with Crippen molar-refractivity contribution in [1.82, 2.24) is 0 Å². The summed E-state index contributed by atoms with van der Waals surface area (Å²) in [6.45, 7) is 4.82. The molecule has 2 aromatic rings. The van der Waals surface area contributed by atoms with Crippen molar-refractivity contribution in [1.29, 1.82) is 0 Å². The maximum Gasteiger partial charge on any atom is 0.261 e. The summed E-state index contributed by atoms with van der Waals surface area (Å²) in [7, 11) is 1.71. The molecule has 0 aliphatic carbocycles. The van der Waals surface area contributed by atoms with Crippen molar-refractivity contribution in [2.75, 3.05) is 6.61 Å². The summed E-state index contributed by atoms with van der Waals surface area (Å²) < 4.78 is 29.0. The Balaban J connectivity index is 2.49. The van der Waals surface area contributed by atoms with Crippen molar-refractivity contribution in [3.63, 3.8) is 0 Å². The topological polar surface area (TPSA) is 43.4 Å². The Kier molecular flexibility index (Phi) is 4.55. The predicted octanol–water partition coefficient (Wildman–Crippen LogP) is 4.19. The number of hydrogen-bond acceptors (Lipinski definition) is 3. The Hall–Kier alpha value is -1.26. The summed E-state index contributed by atoms with van der Waals surface area (Å²) >= 11 is 0. The van der Waals surface area contributed by atoms with Gasteiger partial charge >= 0.3 is 0 Å². The van der Waals surface area contributed by atoms with E-state index in [0.717, 1.165) is 11.8 Å². The van der Waals surface area contributed by atoms with Crippen LogP contribution in [0.15, 0.2) is 41.3 Å². The van der Waals surface area contributed by atoms with E-state index in [1.807, 2.05) is 12.1 Å². The number of rotatable bonds is 5. The van der Waals surface area contributed by atoms with Crippen LogP contribution in [0.3, 0.4) is 0 Å². The number of ether oxygens (including phenoxy) is 1. The van der Waals surface area contributed by atoms with E-state index in [1.165, 1.54) is 6.07 Å². The largest absolute Gasteiger partial charge is 0.493 e. The molecule has 20 heavy (non-hydrogen) atoms. The van der Waals surface area contributed by atoms with Crippen LogP contribution in [0.1, 0.15) is 20.3 Å². The molecule has 0 aromatic heterocycles. The van der Waals surface area contributed by atoms with Gasteiger partial charge in [-0.05, 0) is 18.1 Å². The van der Waals surface area contributed by atoms with Gasteiger partial charge in [0.1, 0.15) is 5.75 Å². The standard InChI is InChI=1S/C15H17ClO3S/c1-3-11(2)10-19-14-8-9-15(20(16,17)18)13-7-5-4-6-12(13)14/h4-9,11H,3,10H2,1-2H3. The summed E-state index contributed by atoms with van der Waals surface area (Å²) in [5, 5.41) is 1.35. The molecule has 1 atom stereocenters. The summed E-state index contributed by atoms with van der Waals surface area (Å²) in [6.07, 6.45) is 1.03. The Morgan fingerprint density at radius 3 is 2.40 bits per heavy atom. The number of hydrogen-bond donors (Lipinski definition) is 0. The first-order valence-electron chi connectivity index (χ1n) is 6.52. The predicted molar refractivity (Wildman–Crippen MR) is 81.9 cm³/mol. The lowest BCUT2D eigenvalue weighted by Gasteiger charge is -2.14. The van der Waals surface area contributed by atoms with Crippen LogP contribution in [0.25, 0.3) is 10.8 Å². The number of halogens is 1. The minimum atomic E-state index is -3.77. The molecule has 0 saturated carbocycles. The van der Waals surface area contributed by atoms with Crippen LogP contribution in [0.2, 0.25) is 0 Å². The van der Waals surface area contributed by atoms with Crippen molar-refractivity contribution in [3.8, 4) is 5.75 Å². The Bertz CT molecular complexity index is 710. The minimum absolute atomic E-state index is 0.116. The minimum Gasteiger partial charge on any atom is -0.493 e. The lowest BCUT2D eigenvalue weighted by molar-refractivity contribution is 0.259. The van der Waals surface area contributed by atoms with Crippen LogP contribution in [-0.2, 0) is 9.05 Å². The number of benzene rings is 2. The van der Waals surface area contributed by atoms with Gasteiger partial charge in [-0.1, -0.05) is 44.5 Å². The van der Waals surface area contributed by atoms with Crippen molar-refractivity contribution in [2.24, 2.45) is 5.92 Å². The van der Waals surface area contributed by atoms with E-state index < -0.39 is 9.05 Å². The van der Waals surface area contributed by atoms with E-state index in [2.05, 4.69) is 13.8 Å². The van der Waals surface area contributed by atoms with Crippen LogP contribution >= 0.6 is 10.7 Å². The van der Waals surface area contributed by atoms with Gasteiger partial charge in [0.2, 0.25) is 0 Å². The van der Waals surface area contributed by atoms with Crippen LogP contribution in [0.4, 0.5) is 0 Å². The summed E-state index contributed by atoms with van der Waals surface area (Å²) in [5.41, 5.74) is 0. The third-order valence-corrected chi connectivity index (χ3v) is 4.71. The summed E-state index contributed by atoms with van der Waals surface area (Å²) in [6, 6.07) is 10.4. The SMILES string of the molecule is CCC(C)COc1ccc(S(=O)(=O)Cl)c2ccccc12. The second kappa shape index (κ2) is 6.02. The highest BCUT2D eigenvalue weighted by atomic mass is 35.7. The zero-order valence-electron chi connectivity index (χ0n) is 11.5. The van der Waals surface area contributed by atoms with E-state index in [1.54, 1.807) is 18.2 Å². The zero-order chi connectivity index (χ0) is 14.8. The van der Waals surface area contributed by atoms with E-state index in [-0.39, 0.29) is 4.90 Å². The van der Waals surface area contributed by atoms with E-state index in [4.69, 9.17) is 15.4 Å². The van der Waals surface area contributed by atoms with Gasteiger partial charge < -0.3 is 4.74 Å². The fourth-order valence-corrected chi connectivity index (χ4v) is 3.01. The Morgan fingerprint density at radius 2 is 1.80 bits per heavy atom. The van der Waals surface area contributed by atoms with Gasteiger partial charge in [0.25, 0.3) is 9.05 Å². The summed E-state index contributed by atoms with van der Waals surface area (Å²) in [5.74, 6) is 1.13. The van der Waals surface area contributed by atoms with Gasteiger partial charge in [0, 0.05) is 21.5 Å². The maximum absolute atomic E-state index is 11.6. The molecule has 1 unspecified atom stereocenters. The second-order valence-corrected chi connectivity index (χ2v) is 7.40. The van der Waals surface area contributed by atoms with E-state index in [9.17, 15) is 8.42 Å². The van der Waals surface area contributed by atoms with Crippen molar-refractivity contribution in [3.05, 3.63) is 36.4 Å². The fourth-order valence-electron chi connectivity index (χ4n) is 1.93. The molecule has 0 N–H and O–H groups in total. The molecule has 0 aliphatic heterocycles. The van der Waals surface area contributed by atoms with E-state index >= 15 is 0 Å². The molecule has 108 valence electrons. The maximum atomic E-state index is 11.6. The van der Waals surface area contributed by atoms with E-state index in [0.29, 0.717) is 23.7 Å². The molecule has 0 amide bonds. The molecule has 2 rings (SSSR count). The zero-order valence-corrected chi connectivity index (χ0v) is 13.0. The highest BCUT2D eigenvalue weighted by Gasteiger charge is 2.16. The molecule has 0 radical (unpaired) electrons. The highest BCUT2D eigenvalue weighted by Crippen LogP contribution is 2.32. The molecular formula is C15H17ClO3S. The van der Waals surface area contributed by atoms with Crippen molar-refractivity contribution in [2.45, 2.75) is 25.2 Å². The van der Waals surface area contributed by atoms with Gasteiger partial charge in [-0.2, -0.15) is 0 Å². The van der Waals surface area contributed by atoms with Crippen LogP contribution in [0, 0.1) is 5.92 Å². The lowest BCUT2D eigenvalue weighted by atomic mass is 10.1. The van der Waals surface area contributed by atoms with Crippen LogP contribution in [0.5, 0.6) is 5.75 Å². The first-order chi connectivity index (χ1) is 9.43. The summed E-state index contributed by atoms with van der Waals surface area (Å²) in [4.78, 5) is 0.116. The molecule has 0 saturated heterocycles. The third-order valence-electron chi connectivity index (χ3n) is 3.33. The average Bonchev–Trinajstić information content (AvgIpc) is 2.43. The van der Waals surface area contributed by atoms with Crippen LogP contribution in [-0.4, -0.2) is 15.0 Å². The monoisotopic (exact) mass is 312 g/mol. The molecular weight excluding hydrogens is 296 g/mol. The molecule has 0 fully saturated rings. The number of fused-ring (bicyclic) bond motifs is 1. The van der Waals surface area contributed by atoms with Crippen LogP contribution < -0.4 is 4.74 Å². The first-order valence-corrected chi connectivity index (χ1v) is 8.83. The average molecular weight is 313 g/mol. The van der Waals surface area contributed by atoms with Crippen molar-refractivity contribution < 1.29 is 13.2 Å². The molecule has 5 heteroatoms. The quantitative estimate of drug-likeness (QED) is 0.777. The second-order valence-electron chi connectivity index (χ2n) is 4.87. The first kappa shape index (κ1) is 15.1. The van der Waals surface area contributed by atoms with Gasteiger partial charge in [0.15, 0.2) is 0 Å². The normalized spacial score (nSPS) is 13.3. The highest BCUT2D eigenvalue weighted by molar-refractivity contribution is 8.14. The van der Waals surface area contributed by atoms with Gasteiger partial charge in [-0.15, -0.1) is 0 Å². The third kappa shape index (κ3) is 3.25. The Morgan fingerprint density at radius 1 is 1.15 bits per heavy atom. The fraction of sp³-hybridized carbons (Fsp3) is 0.333. The molecule has 2 aromatic carbocycles. The molecule has 3 nitrogen and oxygen atoms in total. The van der Waals surface area contributed by atoms with Gasteiger partial charge in [-0.3, -0.25) is 0 Å².